The third-order valence-electron chi connectivity index (χ3n) is 6.78. The molecule has 1 aliphatic rings. The average Bonchev–Trinajstić information content (AvgIpc) is 2.84. The molecule has 0 aliphatic carbocycles. The van der Waals surface area contributed by atoms with E-state index in [1.54, 1.807) is 0 Å². The van der Waals surface area contributed by atoms with Crippen LogP contribution < -0.4 is 4.74 Å². The number of benzene rings is 2. The van der Waals surface area contributed by atoms with Crippen LogP contribution in [0.4, 0.5) is 0 Å². The zero-order chi connectivity index (χ0) is 25.2. The third-order valence-corrected chi connectivity index (χ3v) is 6.78. The van der Waals surface area contributed by atoms with Gasteiger partial charge in [0.1, 0.15) is 12.4 Å². The van der Waals surface area contributed by atoms with Gasteiger partial charge in [-0.25, -0.2) is 0 Å². The van der Waals surface area contributed by atoms with Crippen LogP contribution in [0.3, 0.4) is 0 Å². The zero-order valence-corrected chi connectivity index (χ0v) is 22.0. The Kier molecular flexibility index (Phi) is 10.2. The maximum Gasteiger partial charge on any atom is 0.257 e. The second-order valence-electron chi connectivity index (χ2n) is 10.1. The molecule has 1 aliphatic heterocycles. The van der Waals surface area contributed by atoms with E-state index in [1.807, 2.05) is 48.2 Å². The van der Waals surface area contributed by atoms with E-state index in [0.717, 1.165) is 50.8 Å². The Morgan fingerprint density at radius 1 is 1.00 bits per heavy atom. The lowest BCUT2D eigenvalue weighted by Gasteiger charge is -2.34. The van der Waals surface area contributed by atoms with Crippen LogP contribution in [-0.4, -0.2) is 53.9 Å². The first kappa shape index (κ1) is 26.8. The Hall–Kier alpha value is -2.82. The number of nitrogens with zero attached hydrogens (tertiary/aromatic N) is 2. The van der Waals surface area contributed by atoms with Crippen molar-refractivity contribution >= 4 is 11.8 Å². The summed E-state index contributed by atoms with van der Waals surface area (Å²) >= 11 is 0. The molecule has 0 fully saturated rings. The standard InChI is InChI=1S/C30H42N2O3/c1-5-31-18-10-6-7-11-19-32(29(33)21-25-16-14-24(4)15-17-25)26(20-23(2)3)22-35-28-13-9-8-12-27(28)30(31)34/h8-9,12-17,23,26H,5-7,10-11,18-22H2,1-4H3/t26-/m0/s1. The minimum atomic E-state index is -0.0404. The summed E-state index contributed by atoms with van der Waals surface area (Å²) in [5.74, 6) is 1.20. The van der Waals surface area contributed by atoms with Gasteiger partial charge in [-0.1, -0.05) is 68.7 Å². The first-order valence-corrected chi connectivity index (χ1v) is 13.2. The fourth-order valence-corrected chi connectivity index (χ4v) is 4.79. The maximum atomic E-state index is 13.6. The van der Waals surface area contributed by atoms with Gasteiger partial charge in [0.05, 0.1) is 18.0 Å². The summed E-state index contributed by atoms with van der Waals surface area (Å²) < 4.78 is 6.31. The van der Waals surface area contributed by atoms with E-state index in [0.29, 0.717) is 36.8 Å². The van der Waals surface area contributed by atoms with Crippen LogP contribution in [0.25, 0.3) is 0 Å². The van der Waals surface area contributed by atoms with Crippen LogP contribution in [0.1, 0.15) is 74.4 Å². The number of amides is 2. The molecule has 1 heterocycles. The van der Waals surface area contributed by atoms with E-state index >= 15 is 0 Å². The summed E-state index contributed by atoms with van der Waals surface area (Å²) in [4.78, 5) is 30.8. The van der Waals surface area contributed by atoms with Gasteiger partial charge >= 0.3 is 0 Å². The van der Waals surface area contributed by atoms with E-state index in [2.05, 4.69) is 37.8 Å². The minimum Gasteiger partial charge on any atom is -0.491 e. The number of aryl methyl sites for hydroxylation is 1. The number of carbonyl (C=O) groups excluding carboxylic acids is 2. The summed E-state index contributed by atoms with van der Waals surface area (Å²) in [7, 11) is 0. The zero-order valence-electron chi connectivity index (χ0n) is 22.0. The van der Waals surface area contributed by atoms with Gasteiger partial charge in [-0.15, -0.1) is 0 Å². The molecule has 0 radical (unpaired) electrons. The topological polar surface area (TPSA) is 49.9 Å². The molecule has 5 nitrogen and oxygen atoms in total. The van der Waals surface area contributed by atoms with Crippen LogP contribution in [0, 0.1) is 12.8 Å². The van der Waals surface area contributed by atoms with Gasteiger partial charge in [0.25, 0.3) is 5.91 Å². The van der Waals surface area contributed by atoms with Gasteiger partial charge in [-0.05, 0) is 56.7 Å². The van der Waals surface area contributed by atoms with Crippen LogP contribution in [0.5, 0.6) is 5.75 Å². The normalized spacial score (nSPS) is 18.1. The number of carbonyl (C=O) groups is 2. The largest absolute Gasteiger partial charge is 0.491 e. The molecule has 190 valence electrons. The fraction of sp³-hybridized carbons (Fsp3) is 0.533. The highest BCUT2D eigenvalue weighted by molar-refractivity contribution is 5.96. The summed E-state index contributed by atoms with van der Waals surface area (Å²) in [5, 5.41) is 0. The Bertz CT molecular complexity index is 954. The number of hydrogen-bond acceptors (Lipinski definition) is 3. The third kappa shape index (κ3) is 7.84. The predicted molar refractivity (Wildman–Crippen MR) is 142 cm³/mol. The molecule has 0 spiro atoms. The number of fused-ring (bicyclic) bond motifs is 1. The van der Waals surface area contributed by atoms with Crippen LogP contribution in [0.2, 0.25) is 0 Å². The fourth-order valence-electron chi connectivity index (χ4n) is 4.79. The monoisotopic (exact) mass is 478 g/mol. The van der Waals surface area contributed by atoms with Crippen molar-refractivity contribution in [3.8, 4) is 5.75 Å². The van der Waals surface area contributed by atoms with E-state index < -0.39 is 0 Å². The molecule has 0 aromatic heterocycles. The van der Waals surface area contributed by atoms with Gasteiger partial charge in [-0.3, -0.25) is 9.59 Å². The van der Waals surface area contributed by atoms with Crippen molar-refractivity contribution in [3.63, 3.8) is 0 Å². The number of para-hydroxylation sites is 1. The van der Waals surface area contributed by atoms with Gasteiger partial charge in [0.2, 0.25) is 5.91 Å². The van der Waals surface area contributed by atoms with Crippen LogP contribution in [0.15, 0.2) is 48.5 Å². The van der Waals surface area contributed by atoms with E-state index in [1.165, 1.54) is 5.56 Å². The van der Waals surface area contributed by atoms with Gasteiger partial charge < -0.3 is 14.5 Å². The Morgan fingerprint density at radius 3 is 2.37 bits per heavy atom. The molecule has 35 heavy (non-hydrogen) atoms. The average molecular weight is 479 g/mol. The number of ether oxygens (including phenoxy) is 1. The summed E-state index contributed by atoms with van der Waals surface area (Å²) in [5.41, 5.74) is 2.84. The van der Waals surface area contributed by atoms with Crippen molar-refractivity contribution in [3.05, 3.63) is 65.2 Å². The quantitative estimate of drug-likeness (QED) is 0.538. The molecule has 1 atom stereocenters. The lowest BCUT2D eigenvalue weighted by molar-refractivity contribution is -0.134. The van der Waals surface area contributed by atoms with Crippen molar-refractivity contribution in [2.45, 2.75) is 72.3 Å². The highest BCUT2D eigenvalue weighted by atomic mass is 16.5. The first-order chi connectivity index (χ1) is 16.9. The second kappa shape index (κ2) is 13.3. The lowest BCUT2D eigenvalue weighted by Crippen LogP contribution is -2.46. The highest BCUT2D eigenvalue weighted by Crippen LogP contribution is 2.23. The molecule has 0 unspecified atom stereocenters. The highest BCUT2D eigenvalue weighted by Gasteiger charge is 2.27. The summed E-state index contributed by atoms with van der Waals surface area (Å²) in [6.45, 7) is 11.0. The van der Waals surface area contributed by atoms with Crippen LogP contribution >= 0.6 is 0 Å². The molecular formula is C30H42N2O3. The number of rotatable bonds is 5. The predicted octanol–water partition coefficient (Wildman–Crippen LogP) is 5.90. The molecule has 0 saturated carbocycles. The smallest absolute Gasteiger partial charge is 0.257 e. The molecule has 2 aromatic carbocycles. The SMILES string of the molecule is CCN1CCCCCCN(C(=O)Cc2ccc(C)cc2)[C@@H](CC(C)C)COc2ccccc2C1=O. The van der Waals surface area contributed by atoms with Crippen LogP contribution in [-0.2, 0) is 11.2 Å². The van der Waals surface area contributed by atoms with Crippen molar-refractivity contribution in [1.29, 1.82) is 0 Å². The molecule has 0 saturated heterocycles. The lowest BCUT2D eigenvalue weighted by atomic mass is 10.0. The Labute approximate surface area is 211 Å². The van der Waals surface area contributed by atoms with E-state index in [9.17, 15) is 9.59 Å². The van der Waals surface area contributed by atoms with Crippen molar-refractivity contribution in [2.24, 2.45) is 5.92 Å². The Balaban J connectivity index is 1.87. The second-order valence-corrected chi connectivity index (χ2v) is 10.1. The van der Waals surface area contributed by atoms with Crippen molar-refractivity contribution in [2.75, 3.05) is 26.2 Å². The Morgan fingerprint density at radius 2 is 1.69 bits per heavy atom. The van der Waals surface area contributed by atoms with Gasteiger partial charge in [-0.2, -0.15) is 0 Å². The summed E-state index contributed by atoms with van der Waals surface area (Å²) in [6.07, 6.45) is 5.29. The van der Waals surface area contributed by atoms with Crippen molar-refractivity contribution in [1.82, 2.24) is 9.80 Å². The molecule has 2 amide bonds. The molecule has 5 heteroatoms. The van der Waals surface area contributed by atoms with Gasteiger partial charge in [0, 0.05) is 19.6 Å². The molecular weight excluding hydrogens is 436 g/mol. The molecule has 3 rings (SSSR count). The number of hydrogen-bond donors (Lipinski definition) is 0. The maximum absolute atomic E-state index is 13.6. The molecule has 0 N–H and O–H groups in total. The van der Waals surface area contributed by atoms with Crippen molar-refractivity contribution < 1.29 is 14.3 Å². The first-order valence-electron chi connectivity index (χ1n) is 13.2. The van der Waals surface area contributed by atoms with E-state index in [-0.39, 0.29) is 17.9 Å². The van der Waals surface area contributed by atoms with E-state index in [4.69, 9.17) is 4.74 Å². The summed E-state index contributed by atoms with van der Waals surface area (Å²) in [6, 6.07) is 15.7. The minimum absolute atomic E-state index is 0.0212. The molecule has 0 bridgehead atoms. The molecule has 2 aromatic rings. The van der Waals surface area contributed by atoms with Gasteiger partial charge in [0.15, 0.2) is 0 Å².